The van der Waals surface area contributed by atoms with E-state index in [2.05, 4.69) is 16.2 Å². The van der Waals surface area contributed by atoms with E-state index in [1.54, 1.807) is 13.8 Å². The molecule has 0 bridgehead atoms. The molecule has 0 aliphatic heterocycles. The van der Waals surface area contributed by atoms with Crippen LogP contribution in [0.2, 0.25) is 0 Å². The van der Waals surface area contributed by atoms with Gasteiger partial charge in [-0.1, -0.05) is 0 Å². The van der Waals surface area contributed by atoms with Crippen LogP contribution in [0.3, 0.4) is 0 Å². The van der Waals surface area contributed by atoms with E-state index in [0.717, 1.165) is 17.1 Å². The zero-order valence-corrected chi connectivity index (χ0v) is 10.6. The number of likely N-dealkylation sites (N-methyl/N-ethyl adjacent to an activating group) is 1. The summed E-state index contributed by atoms with van der Waals surface area (Å²) in [4.78, 5) is 2.10. The lowest BCUT2D eigenvalue weighted by atomic mass is 10.1. The smallest absolute Gasteiger partial charge is 0.142 e. The van der Waals surface area contributed by atoms with Crippen LogP contribution in [0.15, 0.2) is 0 Å². The predicted octanol–water partition coefficient (Wildman–Crippen LogP) is 1.63. The second-order valence-corrected chi connectivity index (χ2v) is 5.08. The maximum Gasteiger partial charge on any atom is 0.142 e. The highest BCUT2D eigenvalue weighted by Gasteiger charge is 2.20. The number of nitrogen functional groups attached to an aromatic ring is 1. The van der Waals surface area contributed by atoms with Gasteiger partial charge in [-0.15, -0.1) is 0 Å². The van der Waals surface area contributed by atoms with Crippen molar-refractivity contribution in [1.29, 1.82) is 0 Å². The first kappa shape index (κ1) is 12.3. The third kappa shape index (κ3) is 3.07. The molecule has 0 saturated carbocycles. The van der Waals surface area contributed by atoms with Gasteiger partial charge < -0.3 is 15.7 Å². The fourth-order valence-electron chi connectivity index (χ4n) is 1.43. The van der Waals surface area contributed by atoms with Crippen molar-refractivity contribution in [3.05, 3.63) is 5.56 Å². The van der Waals surface area contributed by atoms with E-state index in [-0.39, 0.29) is 0 Å². The minimum Gasteiger partial charge on any atom is -0.389 e. The van der Waals surface area contributed by atoms with E-state index in [0.29, 0.717) is 12.4 Å². The first-order valence-corrected chi connectivity index (χ1v) is 5.81. The van der Waals surface area contributed by atoms with Gasteiger partial charge in [0.05, 0.1) is 5.60 Å². The maximum absolute atomic E-state index is 9.79. The van der Waals surface area contributed by atoms with Crippen LogP contribution in [0, 0.1) is 6.92 Å². The lowest BCUT2D eigenvalue weighted by Gasteiger charge is -2.28. The average Bonchev–Trinajstić information content (AvgIpc) is 2.43. The Balaban J connectivity index is 2.88. The molecule has 0 spiro atoms. The van der Waals surface area contributed by atoms with Crippen LogP contribution in [0.1, 0.15) is 26.3 Å². The molecule has 0 atom stereocenters. The summed E-state index contributed by atoms with van der Waals surface area (Å²) in [6, 6.07) is 0. The largest absolute Gasteiger partial charge is 0.389 e. The number of nitrogens with zero attached hydrogens (tertiary/aromatic N) is 2. The molecule has 4 nitrogen and oxygen atoms in total. The number of aliphatic hydroxyl groups is 1. The Morgan fingerprint density at radius 3 is 2.47 bits per heavy atom. The first-order valence-electron chi connectivity index (χ1n) is 5.04. The Labute approximate surface area is 94.9 Å². The fourth-order valence-corrected chi connectivity index (χ4v) is 2.30. The molecule has 0 aromatic carbocycles. The molecule has 5 heteroatoms. The third-order valence-electron chi connectivity index (χ3n) is 2.18. The highest BCUT2D eigenvalue weighted by molar-refractivity contribution is 7.10. The van der Waals surface area contributed by atoms with Gasteiger partial charge in [0.1, 0.15) is 10.8 Å². The number of rotatable bonds is 4. The van der Waals surface area contributed by atoms with Crippen molar-refractivity contribution in [2.24, 2.45) is 0 Å². The van der Waals surface area contributed by atoms with E-state index in [1.165, 1.54) is 11.5 Å². The van der Waals surface area contributed by atoms with Gasteiger partial charge in [0, 0.05) is 18.7 Å². The second kappa shape index (κ2) is 4.37. The van der Waals surface area contributed by atoms with Gasteiger partial charge in [-0.3, -0.25) is 0 Å². The zero-order chi connectivity index (χ0) is 11.6. The normalized spacial score (nSPS) is 11.8. The van der Waals surface area contributed by atoms with E-state index < -0.39 is 5.60 Å². The predicted molar refractivity (Wildman–Crippen MR) is 65.4 cm³/mol. The molecule has 0 aliphatic rings. The van der Waals surface area contributed by atoms with Crippen LogP contribution in [0.5, 0.6) is 0 Å². The second-order valence-electron chi connectivity index (χ2n) is 4.32. The summed E-state index contributed by atoms with van der Waals surface area (Å²) in [6.45, 7) is 9.05. The summed E-state index contributed by atoms with van der Waals surface area (Å²) in [5, 5.41) is 10.8. The minimum atomic E-state index is -0.707. The number of hydrogen-bond donors (Lipinski definition) is 2. The highest BCUT2D eigenvalue weighted by atomic mass is 32.1. The van der Waals surface area contributed by atoms with Gasteiger partial charge in [0.15, 0.2) is 0 Å². The zero-order valence-electron chi connectivity index (χ0n) is 9.74. The standard InChI is InChI=1S/C10H19N3OS/c1-5-13(6-10(3,4)14)9-7(2)8(11)12-15-9/h14H,5-6H2,1-4H3,(H2,11,12). The van der Waals surface area contributed by atoms with Crippen LogP contribution < -0.4 is 10.6 Å². The van der Waals surface area contributed by atoms with Crippen molar-refractivity contribution in [3.8, 4) is 0 Å². The fraction of sp³-hybridized carbons (Fsp3) is 0.700. The maximum atomic E-state index is 9.79. The molecule has 0 aliphatic carbocycles. The molecule has 0 fully saturated rings. The Kier molecular flexibility index (Phi) is 3.57. The summed E-state index contributed by atoms with van der Waals surface area (Å²) in [7, 11) is 0. The van der Waals surface area contributed by atoms with Gasteiger partial charge in [0.2, 0.25) is 0 Å². The van der Waals surface area contributed by atoms with Crippen molar-refractivity contribution < 1.29 is 5.11 Å². The first-order chi connectivity index (χ1) is 6.85. The summed E-state index contributed by atoms with van der Waals surface area (Å²) < 4.78 is 4.11. The molecule has 0 radical (unpaired) electrons. The molecule has 1 aromatic heterocycles. The molecule has 15 heavy (non-hydrogen) atoms. The molecule has 86 valence electrons. The molecule has 1 rings (SSSR count). The molecule has 0 amide bonds. The molecule has 0 saturated heterocycles. The Morgan fingerprint density at radius 1 is 1.53 bits per heavy atom. The lowest BCUT2D eigenvalue weighted by molar-refractivity contribution is 0.0877. The van der Waals surface area contributed by atoms with Crippen LogP contribution in [0.25, 0.3) is 0 Å². The van der Waals surface area contributed by atoms with E-state index in [4.69, 9.17) is 5.73 Å². The van der Waals surface area contributed by atoms with Crippen molar-refractivity contribution in [2.45, 2.75) is 33.3 Å². The van der Waals surface area contributed by atoms with Gasteiger partial charge >= 0.3 is 0 Å². The number of nitrogens with two attached hydrogens (primary N) is 1. The molecular formula is C10H19N3OS. The minimum absolute atomic E-state index is 0.587. The van der Waals surface area contributed by atoms with Crippen molar-refractivity contribution in [1.82, 2.24) is 4.37 Å². The molecule has 1 aromatic rings. The van der Waals surface area contributed by atoms with Crippen LogP contribution in [0.4, 0.5) is 10.8 Å². The Morgan fingerprint density at radius 2 is 2.13 bits per heavy atom. The van der Waals surface area contributed by atoms with Crippen molar-refractivity contribution >= 4 is 22.4 Å². The summed E-state index contributed by atoms with van der Waals surface area (Å²) in [5.41, 5.74) is 6.01. The van der Waals surface area contributed by atoms with Crippen LogP contribution >= 0.6 is 11.5 Å². The van der Waals surface area contributed by atoms with Gasteiger partial charge in [-0.05, 0) is 39.2 Å². The Bertz CT molecular complexity index is 330. The lowest BCUT2D eigenvalue weighted by Crippen LogP contribution is -2.38. The molecule has 3 N–H and O–H groups in total. The summed E-state index contributed by atoms with van der Waals surface area (Å²) >= 11 is 1.39. The third-order valence-corrected chi connectivity index (χ3v) is 3.21. The van der Waals surface area contributed by atoms with Crippen LogP contribution in [-0.4, -0.2) is 28.2 Å². The van der Waals surface area contributed by atoms with Crippen LogP contribution in [-0.2, 0) is 0 Å². The monoisotopic (exact) mass is 229 g/mol. The van der Waals surface area contributed by atoms with Crippen molar-refractivity contribution in [3.63, 3.8) is 0 Å². The number of hydrogen-bond acceptors (Lipinski definition) is 5. The SMILES string of the molecule is CCN(CC(C)(C)O)c1snc(N)c1C. The van der Waals surface area contributed by atoms with E-state index >= 15 is 0 Å². The van der Waals surface area contributed by atoms with Gasteiger partial charge in [-0.2, -0.15) is 4.37 Å². The van der Waals surface area contributed by atoms with E-state index in [9.17, 15) is 5.11 Å². The van der Waals surface area contributed by atoms with Gasteiger partial charge in [0.25, 0.3) is 0 Å². The molecular weight excluding hydrogens is 210 g/mol. The number of anilines is 2. The summed E-state index contributed by atoms with van der Waals surface area (Å²) in [6.07, 6.45) is 0. The average molecular weight is 229 g/mol. The quantitative estimate of drug-likeness (QED) is 0.823. The number of aromatic nitrogens is 1. The van der Waals surface area contributed by atoms with Crippen molar-refractivity contribution in [2.75, 3.05) is 23.7 Å². The van der Waals surface area contributed by atoms with E-state index in [1.807, 2.05) is 6.92 Å². The summed E-state index contributed by atoms with van der Waals surface area (Å²) in [5.74, 6) is 0.587. The molecule has 1 heterocycles. The topological polar surface area (TPSA) is 62.4 Å². The molecule has 0 unspecified atom stereocenters. The highest BCUT2D eigenvalue weighted by Crippen LogP contribution is 2.30. The Hall–Kier alpha value is -0.810. The van der Waals surface area contributed by atoms with Gasteiger partial charge in [-0.25, -0.2) is 0 Å².